The number of anilines is 3. The first-order valence-electron chi connectivity index (χ1n) is 24.0. The maximum Gasteiger partial charge on any atom is 0.246 e. The molecule has 318 valence electrons. The lowest BCUT2D eigenvalue weighted by atomic mass is 9.34. The number of aromatic nitrogens is 2. The first kappa shape index (κ1) is 38.0. The van der Waals surface area contributed by atoms with Crippen LogP contribution in [0.15, 0.2) is 231 Å². The fraction of sp³-hybridized carbons (Fsp3) is 0.0476. The van der Waals surface area contributed by atoms with E-state index in [2.05, 4.69) is 258 Å². The summed E-state index contributed by atoms with van der Waals surface area (Å²) in [7, 11) is -3.10. The molecule has 0 radical (unpaired) electrons. The van der Waals surface area contributed by atoms with E-state index in [1.54, 1.807) is 0 Å². The lowest BCUT2D eigenvalue weighted by molar-refractivity contribution is 0.632. The maximum absolute atomic E-state index is 3.10. The van der Waals surface area contributed by atoms with Gasteiger partial charge in [-0.2, -0.15) is 0 Å². The van der Waals surface area contributed by atoms with E-state index < -0.39 is 8.07 Å². The molecule has 5 heterocycles. The smallest absolute Gasteiger partial charge is 0.246 e. The Balaban J connectivity index is 1.16. The molecule has 12 aromatic rings. The molecule has 0 N–H and O–H groups in total. The largest absolute Gasteiger partial charge is 0.311 e. The van der Waals surface area contributed by atoms with Crippen LogP contribution in [0.1, 0.15) is 25.0 Å². The summed E-state index contributed by atoms with van der Waals surface area (Å²) in [6.07, 6.45) is 0. The second-order valence-corrected chi connectivity index (χ2v) is 23.3. The molecule has 2 aromatic heterocycles. The number of hydrogen-bond acceptors (Lipinski definition) is 1. The Morgan fingerprint density at radius 3 is 1.32 bits per heavy atom. The van der Waals surface area contributed by atoms with Crippen LogP contribution in [-0.2, 0) is 5.41 Å². The highest BCUT2D eigenvalue weighted by Crippen LogP contribution is 2.54. The van der Waals surface area contributed by atoms with Crippen LogP contribution in [0.2, 0.25) is 0 Å². The Morgan fingerprint density at radius 2 is 0.809 bits per heavy atom. The van der Waals surface area contributed by atoms with Crippen molar-refractivity contribution >= 4 is 113 Å². The van der Waals surface area contributed by atoms with E-state index in [0.717, 1.165) is 0 Å². The van der Waals surface area contributed by atoms with Crippen molar-refractivity contribution in [2.45, 2.75) is 19.3 Å². The predicted molar refractivity (Wildman–Crippen MR) is 290 cm³/mol. The van der Waals surface area contributed by atoms with Crippen molar-refractivity contribution in [2.75, 3.05) is 4.90 Å². The van der Waals surface area contributed by atoms with Crippen LogP contribution in [0.25, 0.3) is 55.0 Å². The Bertz CT molecular complexity index is 3930. The molecule has 68 heavy (non-hydrogen) atoms. The van der Waals surface area contributed by atoms with Gasteiger partial charge < -0.3 is 14.0 Å². The van der Waals surface area contributed by atoms with Crippen molar-refractivity contribution in [3.05, 3.63) is 242 Å². The monoisotopic (exact) mass is 881 g/mol. The van der Waals surface area contributed by atoms with E-state index in [-0.39, 0.29) is 12.1 Å². The molecule has 5 heteroatoms. The molecule has 0 saturated carbocycles. The molecule has 0 spiro atoms. The zero-order valence-electron chi connectivity index (χ0n) is 37.9. The molecule has 15 rings (SSSR count). The van der Waals surface area contributed by atoms with Crippen LogP contribution in [0.3, 0.4) is 0 Å². The van der Waals surface area contributed by atoms with Crippen LogP contribution in [0, 0.1) is 0 Å². The summed E-state index contributed by atoms with van der Waals surface area (Å²) < 4.78 is 5.08. The summed E-state index contributed by atoms with van der Waals surface area (Å²) in [6, 6.07) is 87.9. The maximum atomic E-state index is 2.76. The summed E-state index contributed by atoms with van der Waals surface area (Å²) in [5.74, 6) is 0. The zero-order valence-corrected chi connectivity index (χ0v) is 38.9. The molecular formula is C63H44BN3Si. The highest BCUT2D eigenvalue weighted by atomic mass is 28.3. The quantitative estimate of drug-likeness (QED) is 0.157. The van der Waals surface area contributed by atoms with Gasteiger partial charge in [-0.15, -0.1) is 0 Å². The molecule has 10 aromatic carbocycles. The Kier molecular flexibility index (Phi) is 7.68. The third kappa shape index (κ3) is 4.78. The Labute approximate surface area is 396 Å². The average molecular weight is 882 g/mol. The second kappa shape index (κ2) is 13.7. The van der Waals surface area contributed by atoms with Crippen LogP contribution < -0.4 is 42.0 Å². The zero-order chi connectivity index (χ0) is 44.9. The minimum absolute atomic E-state index is 0.0723. The third-order valence-electron chi connectivity index (χ3n) is 16.0. The highest BCUT2D eigenvalue weighted by molar-refractivity contribution is 7.22. The summed E-state index contributed by atoms with van der Waals surface area (Å²) in [4.78, 5) is 2.76. The van der Waals surface area contributed by atoms with E-state index >= 15 is 0 Å². The average Bonchev–Trinajstić information content (AvgIpc) is 3.92. The Morgan fingerprint density at radius 1 is 0.368 bits per heavy atom. The molecule has 0 atom stereocenters. The number of para-hydroxylation sites is 5. The van der Waals surface area contributed by atoms with E-state index in [1.165, 1.54) is 120 Å². The molecule has 0 amide bonds. The van der Waals surface area contributed by atoms with Gasteiger partial charge in [0.1, 0.15) is 0 Å². The topological polar surface area (TPSA) is 13.1 Å². The van der Waals surface area contributed by atoms with E-state index in [4.69, 9.17) is 0 Å². The van der Waals surface area contributed by atoms with E-state index in [9.17, 15) is 0 Å². The number of nitrogens with zero attached hydrogens (tertiary/aromatic N) is 3. The minimum atomic E-state index is -3.10. The highest BCUT2D eigenvalue weighted by Gasteiger charge is 2.56. The van der Waals surface area contributed by atoms with Gasteiger partial charge in [-0.25, -0.2) is 0 Å². The molecular weight excluding hydrogens is 838 g/mol. The summed E-state index contributed by atoms with van der Waals surface area (Å²) in [5.41, 5.74) is 17.7. The fourth-order valence-electron chi connectivity index (χ4n) is 13.2. The fourth-order valence-corrected chi connectivity index (χ4v) is 18.4. The molecule has 3 aliphatic heterocycles. The Hall–Kier alpha value is -8.12. The molecule has 0 unspecified atom stereocenters. The van der Waals surface area contributed by atoms with Gasteiger partial charge >= 0.3 is 0 Å². The lowest BCUT2D eigenvalue weighted by Crippen LogP contribution is -2.79. The second-order valence-electron chi connectivity index (χ2n) is 19.6. The van der Waals surface area contributed by atoms with Gasteiger partial charge in [0.2, 0.25) is 6.71 Å². The number of rotatable bonds is 5. The van der Waals surface area contributed by atoms with Gasteiger partial charge in [0.05, 0.1) is 27.8 Å². The van der Waals surface area contributed by atoms with Crippen LogP contribution in [-0.4, -0.2) is 23.9 Å². The summed E-state index contributed by atoms with van der Waals surface area (Å²) in [6.45, 7) is 4.89. The number of hydrogen-bond donors (Lipinski definition) is 0. The predicted octanol–water partition coefficient (Wildman–Crippen LogP) is 10.5. The van der Waals surface area contributed by atoms with Crippen molar-refractivity contribution in [2.24, 2.45) is 0 Å². The van der Waals surface area contributed by atoms with Gasteiger partial charge in [0, 0.05) is 49.7 Å². The number of benzene rings is 10. The van der Waals surface area contributed by atoms with Gasteiger partial charge in [0.15, 0.2) is 8.07 Å². The van der Waals surface area contributed by atoms with Gasteiger partial charge in [-0.05, 0) is 91.3 Å². The van der Waals surface area contributed by atoms with Gasteiger partial charge in [-0.3, -0.25) is 0 Å². The molecule has 3 aliphatic rings. The summed E-state index contributed by atoms with van der Waals surface area (Å²) >= 11 is 0. The SMILES string of the molecule is CC1(C)c2cc(-n3c4ccccc4c4ccccc43)cc3c2N2c4c(cc(-n5c6ccccc6c6ccccc65)cc4[Si](c4ccccc4)(c4ccccc4)c4cccc1c42)B3c1ccccc1. The van der Waals surface area contributed by atoms with Crippen molar-refractivity contribution in [1.29, 1.82) is 0 Å². The lowest BCUT2D eigenvalue weighted by Gasteiger charge is -2.54. The standard InChI is InChI=1S/C63H44BN3Si/c1-63(2)50-31-20-36-58-61(50)67-60-51(63)37-42(65-54-32-16-12-27-46(54)47-28-13-17-33-55(47)65)38-52(60)64(41-21-6-3-7-22-41)53-39-43(66-56-34-18-14-29-48(56)49-30-15-19-35-57(49)66)40-59(62(53)67)68(58,44-23-8-4-9-24-44)45-25-10-5-11-26-45/h3-40H,1-2H3. The number of fused-ring (bicyclic) bond motifs is 6. The van der Waals surface area contributed by atoms with Crippen LogP contribution in [0.5, 0.6) is 0 Å². The normalized spacial score (nSPS) is 14.8. The van der Waals surface area contributed by atoms with E-state index in [1.807, 2.05) is 0 Å². The first-order chi connectivity index (χ1) is 33.5. The van der Waals surface area contributed by atoms with E-state index in [0.29, 0.717) is 0 Å². The van der Waals surface area contributed by atoms with Crippen molar-refractivity contribution in [3.8, 4) is 11.4 Å². The van der Waals surface area contributed by atoms with Crippen molar-refractivity contribution < 1.29 is 0 Å². The molecule has 3 nitrogen and oxygen atoms in total. The molecule has 0 saturated heterocycles. The molecule has 0 aliphatic carbocycles. The third-order valence-corrected chi connectivity index (χ3v) is 20.8. The van der Waals surface area contributed by atoms with Crippen molar-refractivity contribution in [1.82, 2.24) is 9.13 Å². The minimum Gasteiger partial charge on any atom is -0.311 e. The molecule has 0 fully saturated rings. The van der Waals surface area contributed by atoms with Crippen molar-refractivity contribution in [3.63, 3.8) is 0 Å². The van der Waals surface area contributed by atoms with Gasteiger partial charge in [0.25, 0.3) is 0 Å². The first-order valence-corrected chi connectivity index (χ1v) is 26.0. The molecule has 0 bridgehead atoms. The van der Waals surface area contributed by atoms with Gasteiger partial charge in [-0.1, -0.05) is 201 Å². The van der Waals surface area contributed by atoms with Crippen LogP contribution in [0.4, 0.5) is 17.1 Å². The summed E-state index contributed by atoms with van der Waals surface area (Å²) in [5, 5.41) is 10.7. The van der Waals surface area contributed by atoms with Crippen LogP contribution >= 0.6 is 0 Å².